The van der Waals surface area contributed by atoms with Crippen LogP contribution in [0, 0.1) is 9.39 Å². The molecule has 0 unspecified atom stereocenters. The lowest BCUT2D eigenvalue weighted by Crippen LogP contribution is -2.21. The van der Waals surface area contributed by atoms with E-state index in [9.17, 15) is 12.8 Å². The van der Waals surface area contributed by atoms with Crippen molar-refractivity contribution in [1.29, 1.82) is 0 Å². The number of thiocarbonyl (C=S) groups is 1. The van der Waals surface area contributed by atoms with E-state index in [1.54, 1.807) is 24.3 Å². The molecular weight excluding hydrogens is 426 g/mol. The molecule has 0 aliphatic carbocycles. The van der Waals surface area contributed by atoms with Crippen molar-refractivity contribution in [2.24, 2.45) is 5.73 Å². The minimum atomic E-state index is -4.00. The lowest BCUT2D eigenvalue weighted by Gasteiger charge is -2.13. The van der Waals surface area contributed by atoms with E-state index in [0.717, 1.165) is 6.07 Å². The maximum atomic E-state index is 13.8. The molecule has 3 N–H and O–H groups in total. The third-order valence-electron chi connectivity index (χ3n) is 2.63. The van der Waals surface area contributed by atoms with E-state index in [2.05, 4.69) is 4.72 Å². The van der Waals surface area contributed by atoms with E-state index in [1.807, 2.05) is 22.6 Å². The second kappa shape index (κ2) is 6.24. The van der Waals surface area contributed by atoms with Crippen molar-refractivity contribution in [2.45, 2.75) is 4.90 Å². The molecule has 0 bridgehead atoms. The van der Waals surface area contributed by atoms with Gasteiger partial charge in [-0.2, -0.15) is 0 Å². The number of nitrogens with two attached hydrogens (primary N) is 1. The Morgan fingerprint density at radius 1 is 1.19 bits per heavy atom. The molecule has 0 spiro atoms. The summed E-state index contributed by atoms with van der Waals surface area (Å²) in [4.78, 5) is -0.592. The van der Waals surface area contributed by atoms with Crippen LogP contribution in [-0.2, 0) is 10.0 Å². The average Bonchev–Trinajstić information content (AvgIpc) is 2.40. The van der Waals surface area contributed by atoms with Crippen LogP contribution < -0.4 is 10.5 Å². The summed E-state index contributed by atoms with van der Waals surface area (Å²) in [6.45, 7) is 0. The van der Waals surface area contributed by atoms with Crippen LogP contribution >= 0.6 is 34.8 Å². The first-order valence-corrected chi connectivity index (χ1v) is 8.65. The smallest absolute Gasteiger partial charge is 0.262 e. The number of anilines is 1. The van der Waals surface area contributed by atoms with Gasteiger partial charge in [0.15, 0.2) is 0 Å². The molecule has 4 nitrogen and oxygen atoms in total. The zero-order valence-electron chi connectivity index (χ0n) is 10.5. The number of rotatable bonds is 4. The van der Waals surface area contributed by atoms with Crippen molar-refractivity contribution < 1.29 is 12.8 Å². The lowest BCUT2D eigenvalue weighted by atomic mass is 10.2. The molecule has 0 saturated carbocycles. The van der Waals surface area contributed by atoms with Gasteiger partial charge in [-0.1, -0.05) is 30.4 Å². The van der Waals surface area contributed by atoms with Gasteiger partial charge >= 0.3 is 0 Å². The third kappa shape index (κ3) is 3.50. The molecule has 0 amide bonds. The van der Waals surface area contributed by atoms with Crippen molar-refractivity contribution >= 4 is 55.5 Å². The molecule has 0 atom stereocenters. The van der Waals surface area contributed by atoms with E-state index in [4.69, 9.17) is 18.0 Å². The Balaban J connectivity index is 2.53. The molecule has 2 aromatic rings. The van der Waals surface area contributed by atoms with Gasteiger partial charge in [0, 0.05) is 3.57 Å². The molecule has 0 heterocycles. The van der Waals surface area contributed by atoms with Gasteiger partial charge < -0.3 is 5.73 Å². The highest BCUT2D eigenvalue weighted by atomic mass is 127. The summed E-state index contributed by atoms with van der Waals surface area (Å²) in [6, 6.07) is 10.5. The fraction of sp³-hybridized carbons (Fsp3) is 0. The standard InChI is InChI=1S/C13H10FIN2O2S2/c14-8-4-3-7-11(12(8)13(16)20)21(18,19)17-10-6-2-1-5-9(10)15/h1-7,17H,(H2,16,20). The van der Waals surface area contributed by atoms with Crippen LogP contribution in [0.1, 0.15) is 5.56 Å². The van der Waals surface area contributed by atoms with Crippen LogP contribution in [0.15, 0.2) is 47.4 Å². The van der Waals surface area contributed by atoms with E-state index in [1.165, 1.54) is 12.1 Å². The van der Waals surface area contributed by atoms with Gasteiger partial charge in [0.2, 0.25) is 0 Å². The number of nitrogens with one attached hydrogen (secondary N) is 1. The highest BCUT2D eigenvalue weighted by Gasteiger charge is 2.23. The van der Waals surface area contributed by atoms with Gasteiger partial charge in [0.05, 0.1) is 11.3 Å². The van der Waals surface area contributed by atoms with Crippen molar-refractivity contribution in [2.75, 3.05) is 4.72 Å². The minimum Gasteiger partial charge on any atom is -0.389 e. The zero-order valence-corrected chi connectivity index (χ0v) is 14.3. The zero-order chi connectivity index (χ0) is 15.6. The van der Waals surface area contributed by atoms with Crippen molar-refractivity contribution in [3.63, 3.8) is 0 Å². The van der Waals surface area contributed by atoms with E-state index < -0.39 is 15.8 Å². The number of para-hydroxylation sites is 1. The molecule has 2 rings (SSSR count). The molecule has 0 aliphatic rings. The Morgan fingerprint density at radius 3 is 2.48 bits per heavy atom. The van der Waals surface area contributed by atoms with E-state index in [0.29, 0.717) is 9.26 Å². The van der Waals surface area contributed by atoms with Crippen LogP contribution in [0.25, 0.3) is 0 Å². The van der Waals surface area contributed by atoms with E-state index in [-0.39, 0.29) is 15.4 Å². The summed E-state index contributed by atoms with van der Waals surface area (Å²) < 4.78 is 41.8. The highest BCUT2D eigenvalue weighted by molar-refractivity contribution is 14.1. The number of benzene rings is 2. The molecule has 2 aromatic carbocycles. The number of halogens is 2. The van der Waals surface area contributed by atoms with Crippen LogP contribution in [-0.4, -0.2) is 13.4 Å². The largest absolute Gasteiger partial charge is 0.389 e. The van der Waals surface area contributed by atoms with Crippen LogP contribution in [0.2, 0.25) is 0 Å². The maximum absolute atomic E-state index is 13.8. The summed E-state index contributed by atoms with van der Waals surface area (Å²) in [5, 5.41) is 0. The Bertz CT molecular complexity index is 810. The normalized spacial score (nSPS) is 11.1. The average molecular weight is 436 g/mol. The maximum Gasteiger partial charge on any atom is 0.262 e. The van der Waals surface area contributed by atoms with Gasteiger partial charge in [-0.25, -0.2) is 12.8 Å². The SMILES string of the molecule is NC(=S)c1c(F)cccc1S(=O)(=O)Nc1ccccc1I. The van der Waals surface area contributed by atoms with Crippen LogP contribution in [0.4, 0.5) is 10.1 Å². The molecule has 0 fully saturated rings. The number of sulfonamides is 1. The second-order valence-corrected chi connectivity index (χ2v) is 7.32. The topological polar surface area (TPSA) is 72.2 Å². The quantitative estimate of drug-likeness (QED) is 0.571. The van der Waals surface area contributed by atoms with Crippen molar-refractivity contribution in [3.8, 4) is 0 Å². The predicted octanol–water partition coefficient (Wildman–Crippen LogP) is 2.87. The van der Waals surface area contributed by atoms with E-state index >= 15 is 0 Å². The Morgan fingerprint density at radius 2 is 1.86 bits per heavy atom. The van der Waals surface area contributed by atoms with Crippen LogP contribution in [0.5, 0.6) is 0 Å². The Hall–Kier alpha value is -1.26. The molecule has 0 saturated heterocycles. The van der Waals surface area contributed by atoms with Crippen molar-refractivity contribution in [1.82, 2.24) is 0 Å². The fourth-order valence-corrected chi connectivity index (χ4v) is 4.00. The monoisotopic (exact) mass is 436 g/mol. The minimum absolute atomic E-state index is 0.283. The first-order valence-electron chi connectivity index (χ1n) is 5.68. The van der Waals surface area contributed by atoms with Gasteiger partial charge in [0.25, 0.3) is 10.0 Å². The fourth-order valence-electron chi connectivity index (χ4n) is 1.71. The first kappa shape index (κ1) is 16.1. The van der Waals surface area contributed by atoms with Crippen LogP contribution in [0.3, 0.4) is 0 Å². The molecule has 0 aromatic heterocycles. The van der Waals surface area contributed by atoms with Gasteiger partial charge in [0.1, 0.15) is 15.7 Å². The Labute approximate surface area is 140 Å². The predicted molar refractivity (Wildman–Crippen MR) is 92.3 cm³/mol. The summed E-state index contributed by atoms with van der Waals surface area (Å²) in [7, 11) is -4.00. The summed E-state index contributed by atoms with van der Waals surface area (Å²) in [5.74, 6) is -0.770. The Kier molecular flexibility index (Phi) is 4.79. The second-order valence-electron chi connectivity index (χ2n) is 4.06. The molecule has 21 heavy (non-hydrogen) atoms. The van der Waals surface area contributed by atoms with Gasteiger partial charge in [-0.15, -0.1) is 0 Å². The molecule has 110 valence electrons. The van der Waals surface area contributed by atoms with Crippen molar-refractivity contribution in [3.05, 3.63) is 57.4 Å². The van der Waals surface area contributed by atoms with Gasteiger partial charge in [-0.3, -0.25) is 4.72 Å². The molecule has 8 heteroatoms. The third-order valence-corrected chi connectivity index (χ3v) is 5.18. The number of hydrogen-bond acceptors (Lipinski definition) is 3. The lowest BCUT2D eigenvalue weighted by molar-refractivity contribution is 0.594. The number of hydrogen-bond donors (Lipinski definition) is 2. The summed E-state index contributed by atoms with van der Waals surface area (Å²) in [5.41, 5.74) is 5.55. The first-order chi connectivity index (χ1) is 9.83. The summed E-state index contributed by atoms with van der Waals surface area (Å²) in [6.07, 6.45) is 0. The highest BCUT2D eigenvalue weighted by Crippen LogP contribution is 2.24. The molecule has 0 aliphatic heterocycles. The van der Waals surface area contributed by atoms with Gasteiger partial charge in [-0.05, 0) is 46.9 Å². The molecular formula is C13H10FIN2O2S2. The summed E-state index contributed by atoms with van der Waals surface area (Å²) >= 11 is 6.74. The molecule has 0 radical (unpaired) electrons.